The van der Waals surface area contributed by atoms with Crippen molar-refractivity contribution in [1.82, 2.24) is 4.98 Å². The molecule has 2 heteroatoms. The fraction of sp³-hybridized carbons (Fsp3) is 0.0625. The van der Waals surface area contributed by atoms with Gasteiger partial charge >= 0.3 is 0 Å². The Morgan fingerprint density at radius 3 is 2.56 bits per heavy atom. The summed E-state index contributed by atoms with van der Waals surface area (Å²) in [7, 11) is 0. The van der Waals surface area contributed by atoms with Gasteiger partial charge in [0.15, 0.2) is 6.29 Å². The van der Waals surface area contributed by atoms with Crippen LogP contribution in [0.1, 0.15) is 15.9 Å². The van der Waals surface area contributed by atoms with Crippen LogP contribution in [-0.4, -0.2) is 11.3 Å². The monoisotopic (exact) mass is 235 g/mol. The average Bonchev–Trinajstić information content (AvgIpc) is 2.82. The number of carbonyl (C=O) groups excluding carboxylic acids is 1. The van der Waals surface area contributed by atoms with E-state index in [1.807, 2.05) is 37.3 Å². The minimum absolute atomic E-state index is 0.739. The summed E-state index contributed by atoms with van der Waals surface area (Å²) >= 11 is 0. The Morgan fingerprint density at radius 1 is 1.06 bits per heavy atom. The molecule has 1 aromatic heterocycles. The summed E-state index contributed by atoms with van der Waals surface area (Å²) in [6.45, 7) is 2.00. The predicted octanol–water partition coefficient (Wildman–Crippen LogP) is 3.96. The van der Waals surface area contributed by atoms with Crippen LogP contribution in [0, 0.1) is 6.92 Å². The summed E-state index contributed by atoms with van der Waals surface area (Å²) in [5, 5.41) is 0.981. The van der Waals surface area contributed by atoms with Crippen molar-refractivity contribution >= 4 is 17.2 Å². The van der Waals surface area contributed by atoms with Crippen LogP contribution in [0.25, 0.3) is 22.2 Å². The molecule has 0 unspecified atom stereocenters. The van der Waals surface area contributed by atoms with Gasteiger partial charge in [-0.15, -0.1) is 0 Å². The first-order valence-electron chi connectivity index (χ1n) is 5.92. The third-order valence-electron chi connectivity index (χ3n) is 3.13. The molecule has 0 saturated heterocycles. The number of aldehydes is 1. The molecule has 0 radical (unpaired) electrons. The van der Waals surface area contributed by atoms with Crippen LogP contribution in [0.2, 0.25) is 0 Å². The maximum absolute atomic E-state index is 11.1. The summed E-state index contributed by atoms with van der Waals surface area (Å²) in [5.74, 6) is 0. The van der Waals surface area contributed by atoms with Gasteiger partial charge in [0.25, 0.3) is 0 Å². The van der Waals surface area contributed by atoms with Gasteiger partial charge in [0.1, 0.15) is 0 Å². The summed E-state index contributed by atoms with van der Waals surface area (Å²) in [6.07, 6.45) is 0.915. The first-order chi connectivity index (χ1) is 8.78. The van der Waals surface area contributed by atoms with Crippen molar-refractivity contribution in [3.8, 4) is 11.3 Å². The van der Waals surface area contributed by atoms with Crippen LogP contribution in [0.5, 0.6) is 0 Å². The second kappa shape index (κ2) is 4.15. The molecule has 0 saturated carbocycles. The van der Waals surface area contributed by atoms with Crippen molar-refractivity contribution in [1.29, 1.82) is 0 Å². The molecular formula is C16H13NO. The Balaban J connectivity index is 2.26. The molecule has 0 bridgehead atoms. The molecular weight excluding hydrogens is 222 g/mol. The van der Waals surface area contributed by atoms with Crippen LogP contribution < -0.4 is 0 Å². The van der Waals surface area contributed by atoms with Crippen molar-refractivity contribution in [2.75, 3.05) is 0 Å². The molecule has 0 aliphatic heterocycles. The zero-order valence-electron chi connectivity index (χ0n) is 10.1. The number of H-pyrrole nitrogens is 1. The topological polar surface area (TPSA) is 32.9 Å². The van der Waals surface area contributed by atoms with Gasteiger partial charge in [0.05, 0.1) is 0 Å². The van der Waals surface area contributed by atoms with Gasteiger partial charge in [-0.2, -0.15) is 0 Å². The summed E-state index contributed by atoms with van der Waals surface area (Å²) in [6, 6.07) is 16.1. The lowest BCUT2D eigenvalue weighted by Gasteiger charge is -1.96. The van der Waals surface area contributed by atoms with Gasteiger partial charge < -0.3 is 4.98 Å². The van der Waals surface area contributed by atoms with E-state index in [1.165, 1.54) is 0 Å². The number of carbonyl (C=O) groups is 1. The zero-order valence-corrected chi connectivity index (χ0v) is 10.1. The molecule has 0 amide bonds. The van der Waals surface area contributed by atoms with Gasteiger partial charge in [0, 0.05) is 22.2 Å². The van der Waals surface area contributed by atoms with E-state index in [0.717, 1.165) is 39.6 Å². The lowest BCUT2D eigenvalue weighted by molar-refractivity contribution is 0.112. The predicted molar refractivity (Wildman–Crippen MR) is 73.9 cm³/mol. The molecule has 18 heavy (non-hydrogen) atoms. The molecule has 0 spiro atoms. The van der Waals surface area contributed by atoms with Crippen LogP contribution in [0.3, 0.4) is 0 Å². The molecule has 3 aromatic rings. The molecule has 2 aromatic carbocycles. The molecule has 1 N–H and O–H groups in total. The van der Waals surface area contributed by atoms with E-state index in [-0.39, 0.29) is 0 Å². The third-order valence-corrected chi connectivity index (χ3v) is 3.13. The number of hydrogen-bond acceptors (Lipinski definition) is 1. The SMILES string of the molecule is Cc1cc(C=O)c2cc(-c3ccccc3)[nH]c2c1. The van der Waals surface area contributed by atoms with E-state index in [1.54, 1.807) is 0 Å². The van der Waals surface area contributed by atoms with E-state index in [9.17, 15) is 4.79 Å². The smallest absolute Gasteiger partial charge is 0.150 e. The number of benzene rings is 2. The van der Waals surface area contributed by atoms with Crippen molar-refractivity contribution < 1.29 is 4.79 Å². The number of aromatic amines is 1. The molecule has 0 aliphatic rings. The van der Waals surface area contributed by atoms with E-state index < -0.39 is 0 Å². The Morgan fingerprint density at radius 2 is 1.83 bits per heavy atom. The molecule has 0 atom stereocenters. The quantitative estimate of drug-likeness (QED) is 0.670. The van der Waals surface area contributed by atoms with Gasteiger partial charge in [-0.25, -0.2) is 0 Å². The highest BCUT2D eigenvalue weighted by Crippen LogP contribution is 2.26. The lowest BCUT2D eigenvalue weighted by atomic mass is 10.1. The fourth-order valence-electron chi connectivity index (χ4n) is 2.29. The number of rotatable bonds is 2. The summed E-state index contributed by atoms with van der Waals surface area (Å²) in [5.41, 5.74) is 5.01. The number of fused-ring (bicyclic) bond motifs is 1. The van der Waals surface area contributed by atoms with Crippen LogP contribution in [0.4, 0.5) is 0 Å². The highest BCUT2D eigenvalue weighted by Gasteiger charge is 2.07. The first-order valence-corrected chi connectivity index (χ1v) is 5.92. The minimum atomic E-state index is 0.739. The number of nitrogens with one attached hydrogen (secondary N) is 1. The molecule has 1 heterocycles. The van der Waals surface area contributed by atoms with E-state index in [0.29, 0.717) is 0 Å². The third kappa shape index (κ3) is 1.72. The second-order valence-corrected chi connectivity index (χ2v) is 4.48. The minimum Gasteiger partial charge on any atom is -0.355 e. The van der Waals surface area contributed by atoms with E-state index in [4.69, 9.17) is 0 Å². The first kappa shape index (κ1) is 10.8. The van der Waals surface area contributed by atoms with Gasteiger partial charge in [-0.1, -0.05) is 30.3 Å². The van der Waals surface area contributed by atoms with Crippen molar-refractivity contribution in [2.24, 2.45) is 0 Å². The van der Waals surface area contributed by atoms with Crippen LogP contribution in [-0.2, 0) is 0 Å². The van der Waals surface area contributed by atoms with E-state index in [2.05, 4.69) is 23.2 Å². The van der Waals surface area contributed by atoms with E-state index >= 15 is 0 Å². The zero-order chi connectivity index (χ0) is 12.5. The Kier molecular flexibility index (Phi) is 2.49. The Labute approximate surface area is 105 Å². The maximum Gasteiger partial charge on any atom is 0.150 e. The highest BCUT2D eigenvalue weighted by atomic mass is 16.1. The van der Waals surface area contributed by atoms with Crippen molar-refractivity contribution in [3.63, 3.8) is 0 Å². The molecule has 88 valence electrons. The van der Waals surface area contributed by atoms with Gasteiger partial charge in [-0.3, -0.25) is 4.79 Å². The average molecular weight is 235 g/mol. The normalized spacial score (nSPS) is 10.7. The van der Waals surface area contributed by atoms with Gasteiger partial charge in [0.2, 0.25) is 0 Å². The van der Waals surface area contributed by atoms with Crippen LogP contribution in [0.15, 0.2) is 48.5 Å². The maximum atomic E-state index is 11.1. The fourth-order valence-corrected chi connectivity index (χ4v) is 2.29. The molecule has 2 nitrogen and oxygen atoms in total. The second-order valence-electron chi connectivity index (χ2n) is 4.48. The number of aromatic nitrogens is 1. The largest absolute Gasteiger partial charge is 0.355 e. The number of hydrogen-bond donors (Lipinski definition) is 1. The Hall–Kier alpha value is -2.35. The summed E-state index contributed by atoms with van der Waals surface area (Å²) in [4.78, 5) is 14.5. The summed E-state index contributed by atoms with van der Waals surface area (Å²) < 4.78 is 0. The molecule has 3 rings (SSSR count). The van der Waals surface area contributed by atoms with Crippen molar-refractivity contribution in [3.05, 3.63) is 59.7 Å². The van der Waals surface area contributed by atoms with Gasteiger partial charge in [-0.05, 0) is 36.2 Å². The highest BCUT2D eigenvalue weighted by molar-refractivity contribution is 5.99. The lowest BCUT2D eigenvalue weighted by Crippen LogP contribution is -1.83. The van der Waals surface area contributed by atoms with Crippen molar-refractivity contribution in [2.45, 2.75) is 6.92 Å². The molecule has 0 aliphatic carbocycles. The Bertz CT molecular complexity index is 711. The number of aryl methyl sites for hydroxylation is 1. The van der Waals surface area contributed by atoms with Crippen LogP contribution >= 0.6 is 0 Å². The molecule has 0 fully saturated rings. The standard InChI is InChI=1S/C16H13NO/c1-11-7-13(10-18)14-9-15(17-16(14)8-11)12-5-3-2-4-6-12/h2-10,17H,1H3.